The monoisotopic (exact) mass is 427 g/mol. The van der Waals surface area contributed by atoms with Crippen LogP contribution in [-0.4, -0.2) is 33.9 Å². The molecule has 0 saturated heterocycles. The molecule has 0 bridgehead atoms. The summed E-state index contributed by atoms with van der Waals surface area (Å²) in [6.07, 6.45) is 1.72. The first-order valence-electron chi connectivity index (χ1n) is 9.64. The van der Waals surface area contributed by atoms with E-state index in [0.717, 1.165) is 11.1 Å². The predicted octanol–water partition coefficient (Wildman–Crippen LogP) is 3.98. The number of halogens is 1. The van der Waals surface area contributed by atoms with Crippen molar-refractivity contribution in [1.82, 2.24) is 9.55 Å². The third-order valence-electron chi connectivity index (χ3n) is 4.53. The van der Waals surface area contributed by atoms with Crippen LogP contribution in [0.5, 0.6) is 5.75 Å². The van der Waals surface area contributed by atoms with E-state index in [4.69, 9.17) is 16.3 Å². The molecule has 1 heterocycles. The van der Waals surface area contributed by atoms with Gasteiger partial charge in [-0.05, 0) is 68.3 Å². The van der Waals surface area contributed by atoms with Gasteiger partial charge in [-0.3, -0.25) is 4.57 Å². The molecule has 0 aliphatic heterocycles. The zero-order valence-corrected chi connectivity index (χ0v) is 18.3. The maximum atomic E-state index is 12.6. The van der Waals surface area contributed by atoms with Crippen molar-refractivity contribution in [3.8, 4) is 11.4 Å². The summed E-state index contributed by atoms with van der Waals surface area (Å²) < 4.78 is 7.16. The molecule has 0 amide bonds. The first-order valence-corrected chi connectivity index (χ1v) is 10.0. The van der Waals surface area contributed by atoms with E-state index in [2.05, 4.69) is 4.98 Å². The summed E-state index contributed by atoms with van der Waals surface area (Å²) in [6.45, 7) is 6.07. The average molecular weight is 428 g/mol. The highest BCUT2D eigenvalue weighted by atomic mass is 35.5. The molecule has 3 aromatic rings. The third-order valence-corrected chi connectivity index (χ3v) is 4.78. The van der Waals surface area contributed by atoms with Crippen LogP contribution in [0, 0.1) is 6.92 Å². The van der Waals surface area contributed by atoms with Crippen molar-refractivity contribution in [3.63, 3.8) is 0 Å². The molecule has 0 fully saturated rings. The largest absolute Gasteiger partial charge is 0.490 e. The van der Waals surface area contributed by atoms with Crippen molar-refractivity contribution in [2.24, 2.45) is 0 Å². The molecule has 2 aromatic carbocycles. The SMILES string of the molecule is Cc1cc(-n2ccc(N(C)Cc3ccc(Cl)cc3)nc2=O)ccc1OCC(C)(C)O. The lowest BCUT2D eigenvalue weighted by molar-refractivity contribution is 0.0282. The summed E-state index contributed by atoms with van der Waals surface area (Å²) >= 11 is 5.93. The summed E-state index contributed by atoms with van der Waals surface area (Å²) in [6, 6.07) is 14.8. The van der Waals surface area contributed by atoms with E-state index in [1.807, 2.05) is 55.3 Å². The number of anilines is 1. The molecule has 0 spiro atoms. The molecule has 0 atom stereocenters. The molecule has 0 radical (unpaired) electrons. The highest BCUT2D eigenvalue weighted by molar-refractivity contribution is 6.30. The van der Waals surface area contributed by atoms with Crippen molar-refractivity contribution >= 4 is 17.4 Å². The molecule has 30 heavy (non-hydrogen) atoms. The Morgan fingerprint density at radius 1 is 1.17 bits per heavy atom. The normalized spacial score (nSPS) is 11.4. The number of nitrogens with zero attached hydrogens (tertiary/aromatic N) is 3. The van der Waals surface area contributed by atoms with Crippen LogP contribution in [0.3, 0.4) is 0 Å². The van der Waals surface area contributed by atoms with Crippen molar-refractivity contribution in [3.05, 3.63) is 81.4 Å². The Morgan fingerprint density at radius 3 is 2.47 bits per heavy atom. The van der Waals surface area contributed by atoms with Gasteiger partial charge in [-0.15, -0.1) is 0 Å². The first-order chi connectivity index (χ1) is 14.1. The van der Waals surface area contributed by atoms with Crippen LogP contribution in [0.2, 0.25) is 5.02 Å². The van der Waals surface area contributed by atoms with Gasteiger partial charge >= 0.3 is 5.69 Å². The summed E-state index contributed by atoms with van der Waals surface area (Å²) in [7, 11) is 1.89. The molecule has 0 aliphatic carbocycles. The smallest absolute Gasteiger partial charge is 0.354 e. The van der Waals surface area contributed by atoms with E-state index in [1.165, 1.54) is 4.57 Å². The topological polar surface area (TPSA) is 67.6 Å². The summed E-state index contributed by atoms with van der Waals surface area (Å²) in [5.41, 5.74) is 1.37. The molecule has 0 unspecified atom stereocenters. The van der Waals surface area contributed by atoms with Crippen LogP contribution < -0.4 is 15.3 Å². The van der Waals surface area contributed by atoms with Gasteiger partial charge in [-0.1, -0.05) is 23.7 Å². The van der Waals surface area contributed by atoms with E-state index >= 15 is 0 Å². The summed E-state index contributed by atoms with van der Waals surface area (Å²) in [5.74, 6) is 1.26. The number of hydrogen-bond acceptors (Lipinski definition) is 5. The minimum absolute atomic E-state index is 0.184. The number of aryl methyl sites for hydroxylation is 1. The van der Waals surface area contributed by atoms with E-state index in [-0.39, 0.29) is 12.3 Å². The minimum atomic E-state index is -0.917. The van der Waals surface area contributed by atoms with E-state index in [1.54, 1.807) is 32.2 Å². The van der Waals surface area contributed by atoms with Gasteiger partial charge < -0.3 is 14.7 Å². The second-order valence-corrected chi connectivity index (χ2v) is 8.41. The number of ether oxygens (including phenoxy) is 1. The van der Waals surface area contributed by atoms with Crippen molar-refractivity contribution < 1.29 is 9.84 Å². The number of rotatable bonds is 7. The standard InChI is InChI=1S/C23H26ClN3O3/c1-16-13-19(9-10-20(16)30-15-23(2,3)29)27-12-11-21(25-22(27)28)26(4)14-17-5-7-18(24)8-6-17/h5-13,29H,14-15H2,1-4H3. The van der Waals surface area contributed by atoms with Gasteiger partial charge in [0.25, 0.3) is 0 Å². The third kappa shape index (κ3) is 5.62. The zero-order valence-electron chi connectivity index (χ0n) is 17.6. The maximum absolute atomic E-state index is 12.6. The van der Waals surface area contributed by atoms with Crippen molar-refractivity contribution in [2.75, 3.05) is 18.6 Å². The fourth-order valence-electron chi connectivity index (χ4n) is 2.95. The Kier molecular flexibility index (Phi) is 6.48. The quantitative estimate of drug-likeness (QED) is 0.617. The first kappa shape index (κ1) is 21.9. The molecule has 1 aromatic heterocycles. The second-order valence-electron chi connectivity index (χ2n) is 7.97. The Morgan fingerprint density at radius 2 is 1.87 bits per heavy atom. The maximum Gasteiger partial charge on any atom is 0.354 e. The van der Waals surface area contributed by atoms with Crippen LogP contribution in [0.4, 0.5) is 5.82 Å². The van der Waals surface area contributed by atoms with Gasteiger partial charge in [-0.25, -0.2) is 4.79 Å². The van der Waals surface area contributed by atoms with Crippen LogP contribution in [0.25, 0.3) is 5.69 Å². The highest BCUT2D eigenvalue weighted by Crippen LogP contribution is 2.22. The number of aliphatic hydroxyl groups is 1. The van der Waals surface area contributed by atoms with Gasteiger partial charge in [0.05, 0.1) is 11.3 Å². The molecule has 0 aliphatic rings. The van der Waals surface area contributed by atoms with Crippen molar-refractivity contribution in [1.29, 1.82) is 0 Å². The van der Waals surface area contributed by atoms with Gasteiger partial charge in [0.1, 0.15) is 18.2 Å². The van der Waals surface area contributed by atoms with Crippen LogP contribution in [-0.2, 0) is 6.54 Å². The summed E-state index contributed by atoms with van der Waals surface area (Å²) in [4.78, 5) is 18.8. The predicted molar refractivity (Wildman–Crippen MR) is 120 cm³/mol. The zero-order chi connectivity index (χ0) is 21.9. The number of hydrogen-bond donors (Lipinski definition) is 1. The lowest BCUT2D eigenvalue weighted by Crippen LogP contribution is -2.28. The molecular weight excluding hydrogens is 402 g/mol. The average Bonchev–Trinajstić information content (AvgIpc) is 2.68. The van der Waals surface area contributed by atoms with Crippen molar-refractivity contribution in [2.45, 2.75) is 32.9 Å². The Balaban J connectivity index is 1.77. The highest BCUT2D eigenvalue weighted by Gasteiger charge is 2.15. The van der Waals surface area contributed by atoms with E-state index < -0.39 is 5.60 Å². The van der Waals surface area contributed by atoms with Gasteiger partial charge in [0.15, 0.2) is 0 Å². The Hall–Kier alpha value is -2.83. The lowest BCUT2D eigenvalue weighted by Gasteiger charge is -2.20. The van der Waals surface area contributed by atoms with Gasteiger partial charge in [0.2, 0.25) is 0 Å². The Bertz CT molecular complexity index is 1070. The summed E-state index contributed by atoms with van der Waals surface area (Å²) in [5, 5.41) is 10.5. The molecule has 158 valence electrons. The molecular formula is C23H26ClN3O3. The molecule has 3 rings (SSSR count). The molecule has 7 heteroatoms. The lowest BCUT2D eigenvalue weighted by atomic mass is 10.1. The van der Waals surface area contributed by atoms with Crippen LogP contribution in [0.15, 0.2) is 59.5 Å². The van der Waals surface area contributed by atoms with E-state index in [9.17, 15) is 9.90 Å². The van der Waals surface area contributed by atoms with E-state index in [0.29, 0.717) is 28.8 Å². The van der Waals surface area contributed by atoms with Gasteiger partial charge in [-0.2, -0.15) is 4.98 Å². The number of aromatic nitrogens is 2. The second kappa shape index (κ2) is 8.90. The number of benzene rings is 2. The van der Waals surface area contributed by atoms with Gasteiger partial charge in [0, 0.05) is 24.8 Å². The fourth-order valence-corrected chi connectivity index (χ4v) is 3.07. The molecule has 6 nitrogen and oxygen atoms in total. The minimum Gasteiger partial charge on any atom is -0.490 e. The Labute approximate surface area is 181 Å². The molecule has 1 N–H and O–H groups in total. The molecule has 0 saturated carbocycles. The van der Waals surface area contributed by atoms with Crippen LogP contribution >= 0.6 is 11.6 Å². The fraction of sp³-hybridized carbons (Fsp3) is 0.304. The van der Waals surface area contributed by atoms with Crippen LogP contribution in [0.1, 0.15) is 25.0 Å².